The Hall–Kier alpha value is -2.04. The van der Waals surface area contributed by atoms with Gasteiger partial charge in [-0.2, -0.15) is 0 Å². The number of nitrogens with one attached hydrogen (secondary N) is 1. The molecule has 130 valence electrons. The molecule has 4 nitrogen and oxygen atoms in total. The summed E-state index contributed by atoms with van der Waals surface area (Å²) in [6.45, 7) is 4.36. The number of methoxy groups -OCH3 is 1. The number of rotatable bonds is 6. The summed E-state index contributed by atoms with van der Waals surface area (Å²) in [5, 5.41) is 3.37. The molecule has 0 radical (unpaired) electrons. The molecule has 0 amide bonds. The van der Waals surface area contributed by atoms with E-state index in [4.69, 9.17) is 10.5 Å². The number of carbonyl (C=O) groups is 1. The molecule has 24 heavy (non-hydrogen) atoms. The Morgan fingerprint density at radius 1 is 1.12 bits per heavy atom. The van der Waals surface area contributed by atoms with Crippen LogP contribution in [-0.2, 0) is 16.1 Å². The average Bonchev–Trinajstić information content (AvgIpc) is 2.59. The largest absolute Gasteiger partial charge is 0.469 e. The summed E-state index contributed by atoms with van der Waals surface area (Å²) >= 11 is 0. The van der Waals surface area contributed by atoms with Crippen LogP contribution in [0.4, 0.5) is 5.69 Å². The van der Waals surface area contributed by atoms with Crippen molar-refractivity contribution in [2.24, 2.45) is 11.1 Å². The Balaban J connectivity index is 0.00000288. The molecule has 1 atom stereocenters. The highest BCUT2D eigenvalue weighted by Gasteiger charge is 2.36. The molecule has 0 saturated carbocycles. The predicted molar refractivity (Wildman–Crippen MR) is 100 cm³/mol. The van der Waals surface area contributed by atoms with E-state index < -0.39 is 11.5 Å². The number of esters is 1. The van der Waals surface area contributed by atoms with Gasteiger partial charge in [0.25, 0.3) is 0 Å². The van der Waals surface area contributed by atoms with Gasteiger partial charge in [-0.1, -0.05) is 42.5 Å². The van der Waals surface area contributed by atoms with E-state index >= 15 is 0 Å². The van der Waals surface area contributed by atoms with E-state index in [1.54, 1.807) is 13.8 Å². The van der Waals surface area contributed by atoms with E-state index in [1.165, 1.54) is 12.7 Å². The third-order valence-corrected chi connectivity index (χ3v) is 4.10. The highest BCUT2D eigenvalue weighted by molar-refractivity contribution is 5.85. The Morgan fingerprint density at radius 2 is 1.71 bits per heavy atom. The molecular weight excluding hydrogens is 324 g/mol. The van der Waals surface area contributed by atoms with Gasteiger partial charge in [-0.25, -0.2) is 0 Å². The number of hydrogen-bond acceptors (Lipinski definition) is 4. The first-order valence-corrected chi connectivity index (χ1v) is 7.67. The highest BCUT2D eigenvalue weighted by Crippen LogP contribution is 2.32. The molecule has 0 aliphatic heterocycles. The molecule has 0 aliphatic rings. The second-order valence-electron chi connectivity index (χ2n) is 6.15. The van der Waals surface area contributed by atoms with E-state index in [0.717, 1.165) is 17.8 Å². The van der Waals surface area contributed by atoms with E-state index in [9.17, 15) is 4.79 Å². The van der Waals surface area contributed by atoms with E-state index in [-0.39, 0.29) is 18.4 Å². The van der Waals surface area contributed by atoms with Crippen LogP contribution in [0.2, 0.25) is 0 Å². The first kappa shape index (κ1) is 20.0. The molecule has 0 bridgehead atoms. The molecule has 3 N–H and O–H groups in total. The van der Waals surface area contributed by atoms with Crippen LogP contribution < -0.4 is 11.1 Å². The van der Waals surface area contributed by atoms with Gasteiger partial charge in [0.05, 0.1) is 12.5 Å². The van der Waals surface area contributed by atoms with Crippen LogP contribution in [0.25, 0.3) is 0 Å². The van der Waals surface area contributed by atoms with E-state index in [2.05, 4.69) is 17.4 Å². The SMILES string of the molecule is COC(=O)C(C)(C)[C@@H](N)c1ccc(NCc2ccccc2)cc1.Cl. The molecule has 0 spiro atoms. The van der Waals surface area contributed by atoms with Gasteiger partial charge >= 0.3 is 5.97 Å². The lowest BCUT2D eigenvalue weighted by Gasteiger charge is -2.29. The fourth-order valence-corrected chi connectivity index (χ4v) is 2.41. The maximum absolute atomic E-state index is 11.9. The number of hydrogen-bond donors (Lipinski definition) is 2. The molecule has 0 heterocycles. The van der Waals surface area contributed by atoms with Crippen LogP contribution in [0, 0.1) is 5.41 Å². The van der Waals surface area contributed by atoms with E-state index in [0.29, 0.717) is 0 Å². The zero-order valence-corrected chi connectivity index (χ0v) is 15.1. The lowest BCUT2D eigenvalue weighted by atomic mass is 9.81. The van der Waals surface area contributed by atoms with Gasteiger partial charge in [0.2, 0.25) is 0 Å². The molecule has 2 aromatic rings. The van der Waals surface area contributed by atoms with Gasteiger partial charge < -0.3 is 15.8 Å². The van der Waals surface area contributed by atoms with Crippen molar-refractivity contribution in [2.75, 3.05) is 12.4 Å². The Kier molecular flexibility index (Phi) is 7.26. The van der Waals surface area contributed by atoms with Gasteiger partial charge in [0.1, 0.15) is 0 Å². The van der Waals surface area contributed by atoms with Crippen LogP contribution in [-0.4, -0.2) is 13.1 Å². The minimum atomic E-state index is -0.770. The van der Waals surface area contributed by atoms with Gasteiger partial charge in [0.15, 0.2) is 0 Å². The Bertz CT molecular complexity index is 642. The van der Waals surface area contributed by atoms with Crippen LogP contribution in [0.5, 0.6) is 0 Å². The number of ether oxygens (including phenoxy) is 1. The zero-order valence-electron chi connectivity index (χ0n) is 14.3. The lowest BCUT2D eigenvalue weighted by Crippen LogP contribution is -2.37. The summed E-state index contributed by atoms with van der Waals surface area (Å²) in [6, 6.07) is 17.6. The summed E-state index contributed by atoms with van der Waals surface area (Å²) in [5.41, 5.74) is 8.62. The van der Waals surface area contributed by atoms with Crippen molar-refractivity contribution in [3.63, 3.8) is 0 Å². The number of carbonyl (C=O) groups excluding carboxylic acids is 1. The Morgan fingerprint density at radius 3 is 2.25 bits per heavy atom. The first-order valence-electron chi connectivity index (χ1n) is 7.67. The van der Waals surface area contributed by atoms with Crippen LogP contribution in [0.15, 0.2) is 54.6 Å². The summed E-state index contributed by atoms with van der Waals surface area (Å²) in [7, 11) is 1.38. The predicted octanol–water partition coefficient (Wildman–Crippen LogP) is 3.92. The number of benzene rings is 2. The topological polar surface area (TPSA) is 64.3 Å². The smallest absolute Gasteiger partial charge is 0.313 e. The van der Waals surface area contributed by atoms with Gasteiger partial charge in [-0.05, 0) is 37.1 Å². The molecule has 0 fully saturated rings. The lowest BCUT2D eigenvalue weighted by molar-refractivity contribution is -0.152. The van der Waals surface area contributed by atoms with Crippen molar-refractivity contribution >= 4 is 24.1 Å². The van der Waals surface area contributed by atoms with Crippen molar-refractivity contribution in [3.05, 3.63) is 65.7 Å². The number of anilines is 1. The van der Waals surface area contributed by atoms with Gasteiger partial charge in [-0.3, -0.25) is 4.79 Å². The summed E-state index contributed by atoms with van der Waals surface area (Å²) in [4.78, 5) is 11.9. The van der Waals surface area contributed by atoms with Gasteiger partial charge in [-0.15, -0.1) is 12.4 Å². The minimum Gasteiger partial charge on any atom is -0.469 e. The van der Waals surface area contributed by atoms with Crippen molar-refractivity contribution in [3.8, 4) is 0 Å². The second-order valence-corrected chi connectivity index (χ2v) is 6.15. The van der Waals surface area contributed by atoms with Crippen molar-refractivity contribution in [2.45, 2.75) is 26.4 Å². The third-order valence-electron chi connectivity index (χ3n) is 4.10. The minimum absolute atomic E-state index is 0. The van der Waals surface area contributed by atoms with Crippen LogP contribution in [0.3, 0.4) is 0 Å². The van der Waals surface area contributed by atoms with Gasteiger partial charge in [0, 0.05) is 18.3 Å². The van der Waals surface area contributed by atoms with E-state index in [1.807, 2.05) is 42.5 Å². The average molecular weight is 349 g/mol. The molecule has 0 unspecified atom stereocenters. The fraction of sp³-hybridized carbons (Fsp3) is 0.316. The molecule has 0 saturated heterocycles. The second kappa shape index (κ2) is 8.71. The molecule has 2 aromatic carbocycles. The molecule has 0 aromatic heterocycles. The normalized spacial score (nSPS) is 12.0. The summed E-state index contributed by atoms with van der Waals surface area (Å²) in [5.74, 6) is -0.309. The molecule has 5 heteroatoms. The maximum Gasteiger partial charge on any atom is 0.313 e. The zero-order chi connectivity index (χ0) is 16.9. The highest BCUT2D eigenvalue weighted by atomic mass is 35.5. The third kappa shape index (κ3) is 4.73. The monoisotopic (exact) mass is 348 g/mol. The first-order chi connectivity index (χ1) is 10.9. The summed E-state index contributed by atoms with van der Waals surface area (Å²) < 4.78 is 4.84. The Labute approximate surface area is 149 Å². The van der Waals surface area contributed by atoms with Crippen molar-refractivity contribution < 1.29 is 9.53 Å². The molecular formula is C19H25ClN2O2. The molecule has 2 rings (SSSR count). The number of nitrogens with two attached hydrogens (primary N) is 1. The van der Waals surface area contributed by atoms with Crippen LogP contribution >= 0.6 is 12.4 Å². The summed E-state index contributed by atoms with van der Waals surface area (Å²) in [6.07, 6.45) is 0. The van der Waals surface area contributed by atoms with Crippen molar-refractivity contribution in [1.29, 1.82) is 0 Å². The fourth-order valence-electron chi connectivity index (χ4n) is 2.41. The number of halogens is 1. The standard InChI is InChI=1S/C19H24N2O2.ClH/c1-19(2,18(22)23-3)17(20)15-9-11-16(12-10-15)21-13-14-7-5-4-6-8-14;/h4-12,17,21H,13,20H2,1-3H3;1H/t17-;/m0./s1. The van der Waals surface area contributed by atoms with Crippen molar-refractivity contribution in [1.82, 2.24) is 0 Å². The molecule has 0 aliphatic carbocycles. The maximum atomic E-state index is 11.9. The van der Waals surface area contributed by atoms with Crippen LogP contribution in [0.1, 0.15) is 31.0 Å². The quantitative estimate of drug-likeness (QED) is 0.776.